The minimum atomic E-state index is -3.75. The van der Waals surface area contributed by atoms with Crippen LogP contribution in [0.3, 0.4) is 0 Å². The number of sulfonamides is 1. The van der Waals surface area contributed by atoms with Crippen LogP contribution in [0.15, 0.2) is 63.4 Å². The highest BCUT2D eigenvalue weighted by Gasteiger charge is 2.15. The van der Waals surface area contributed by atoms with Crippen LogP contribution >= 0.6 is 27.3 Å². The summed E-state index contributed by atoms with van der Waals surface area (Å²) in [6, 6.07) is 9.31. The molecule has 0 aliphatic rings. The molecule has 0 saturated heterocycles. The number of amides is 1. The second-order valence-electron chi connectivity index (χ2n) is 6.02. The third kappa shape index (κ3) is 5.84. The molecule has 0 aliphatic carbocycles. The van der Waals surface area contributed by atoms with Gasteiger partial charge in [0.15, 0.2) is 16.6 Å². The van der Waals surface area contributed by atoms with Crippen LogP contribution in [0.2, 0.25) is 0 Å². The molecule has 0 unspecified atom stereocenters. The van der Waals surface area contributed by atoms with Gasteiger partial charge >= 0.3 is 0 Å². The Kier molecular flexibility index (Phi) is 7.31. The number of benzene rings is 2. The minimum Gasteiger partial charge on any atom is -0.493 e. The van der Waals surface area contributed by atoms with E-state index in [1.807, 2.05) is 0 Å². The van der Waals surface area contributed by atoms with Crippen LogP contribution in [0.25, 0.3) is 6.08 Å². The third-order valence-electron chi connectivity index (χ3n) is 4.00. The zero-order valence-corrected chi connectivity index (χ0v) is 19.7. The van der Waals surface area contributed by atoms with E-state index in [-0.39, 0.29) is 15.9 Å². The molecule has 0 atom stereocenters. The van der Waals surface area contributed by atoms with Crippen LogP contribution in [0.5, 0.6) is 11.5 Å². The van der Waals surface area contributed by atoms with Crippen LogP contribution in [-0.4, -0.2) is 33.5 Å². The van der Waals surface area contributed by atoms with Crippen molar-refractivity contribution in [3.8, 4) is 11.5 Å². The number of ether oxygens (including phenoxy) is 2. The van der Waals surface area contributed by atoms with Gasteiger partial charge in [-0.15, -0.1) is 11.3 Å². The van der Waals surface area contributed by atoms with E-state index >= 15 is 0 Å². The molecule has 3 rings (SSSR count). The maximum atomic E-state index is 12.4. The quantitative estimate of drug-likeness (QED) is 0.424. The lowest BCUT2D eigenvalue weighted by atomic mass is 10.2. The molecule has 31 heavy (non-hydrogen) atoms. The fourth-order valence-electron chi connectivity index (χ4n) is 2.51. The molecule has 8 nitrogen and oxygen atoms in total. The number of nitrogens with one attached hydrogen (secondary N) is 2. The third-order valence-corrected chi connectivity index (χ3v) is 6.86. The van der Waals surface area contributed by atoms with Crippen LogP contribution in [0.1, 0.15) is 5.56 Å². The van der Waals surface area contributed by atoms with Crippen molar-refractivity contribution in [2.24, 2.45) is 0 Å². The predicted octanol–water partition coefficient (Wildman–Crippen LogP) is 4.38. The zero-order chi connectivity index (χ0) is 22.4. The number of methoxy groups -OCH3 is 2. The Morgan fingerprint density at radius 3 is 2.42 bits per heavy atom. The van der Waals surface area contributed by atoms with Crippen LogP contribution in [-0.2, 0) is 14.8 Å². The van der Waals surface area contributed by atoms with E-state index in [1.54, 1.807) is 30.7 Å². The summed E-state index contributed by atoms with van der Waals surface area (Å²) >= 11 is 4.61. The number of hydrogen-bond acceptors (Lipinski definition) is 7. The first-order valence-corrected chi connectivity index (χ1v) is 11.9. The highest BCUT2D eigenvalue weighted by atomic mass is 79.9. The molecule has 0 radical (unpaired) electrons. The summed E-state index contributed by atoms with van der Waals surface area (Å²) < 4.78 is 38.3. The summed E-state index contributed by atoms with van der Waals surface area (Å²) in [6.07, 6.45) is 4.49. The van der Waals surface area contributed by atoms with Crippen molar-refractivity contribution in [1.82, 2.24) is 4.98 Å². The van der Waals surface area contributed by atoms with E-state index in [0.29, 0.717) is 17.2 Å². The molecule has 11 heteroatoms. The molecule has 0 aliphatic heterocycles. The normalized spacial score (nSPS) is 11.3. The second-order valence-corrected chi connectivity index (χ2v) is 9.45. The molecule has 0 spiro atoms. The van der Waals surface area contributed by atoms with Crippen molar-refractivity contribution in [2.75, 3.05) is 24.3 Å². The van der Waals surface area contributed by atoms with Gasteiger partial charge in [0.25, 0.3) is 10.0 Å². The molecule has 1 amide bonds. The summed E-state index contributed by atoms with van der Waals surface area (Å²) in [6.45, 7) is 0. The summed E-state index contributed by atoms with van der Waals surface area (Å²) in [5, 5.41) is 4.64. The number of aromatic nitrogens is 1. The average molecular weight is 524 g/mol. The molecule has 2 aromatic carbocycles. The van der Waals surface area contributed by atoms with Gasteiger partial charge in [0.05, 0.1) is 19.1 Å². The number of carbonyl (C=O) groups excluding carboxylic acids is 1. The fraction of sp³-hybridized carbons (Fsp3) is 0.100. The van der Waals surface area contributed by atoms with Crippen molar-refractivity contribution in [2.45, 2.75) is 4.90 Å². The maximum Gasteiger partial charge on any atom is 0.263 e. The van der Waals surface area contributed by atoms with Gasteiger partial charge in [-0.1, -0.05) is 15.9 Å². The number of halogens is 1. The largest absolute Gasteiger partial charge is 0.493 e. The van der Waals surface area contributed by atoms with E-state index in [9.17, 15) is 13.2 Å². The molecule has 0 bridgehead atoms. The fourth-order valence-corrected chi connectivity index (χ4v) is 4.76. The van der Waals surface area contributed by atoms with Gasteiger partial charge < -0.3 is 14.8 Å². The van der Waals surface area contributed by atoms with E-state index in [4.69, 9.17) is 9.47 Å². The SMILES string of the molecule is COc1cc(Br)c(C=CC(=O)Nc2ccc(S(=O)(=O)Nc3nccs3)cc2)cc1OC. The van der Waals surface area contributed by atoms with Gasteiger partial charge in [0.1, 0.15) is 0 Å². The molecule has 0 fully saturated rings. The number of anilines is 2. The van der Waals surface area contributed by atoms with E-state index in [0.717, 1.165) is 10.0 Å². The molecule has 2 N–H and O–H groups in total. The molecule has 0 saturated carbocycles. The highest BCUT2D eigenvalue weighted by molar-refractivity contribution is 9.10. The van der Waals surface area contributed by atoms with Crippen molar-refractivity contribution < 1.29 is 22.7 Å². The van der Waals surface area contributed by atoms with Crippen LogP contribution in [0, 0.1) is 0 Å². The molecule has 1 heterocycles. The topological polar surface area (TPSA) is 107 Å². The Labute approximate surface area is 192 Å². The first-order chi connectivity index (χ1) is 14.8. The van der Waals surface area contributed by atoms with E-state index < -0.39 is 10.0 Å². The molecule has 162 valence electrons. The molecular weight excluding hydrogens is 506 g/mol. The lowest BCUT2D eigenvalue weighted by Crippen LogP contribution is -2.13. The zero-order valence-electron chi connectivity index (χ0n) is 16.5. The number of rotatable bonds is 8. The standard InChI is InChI=1S/C20H18BrN3O5S2/c1-28-17-11-13(16(21)12-18(17)29-2)3-8-19(25)23-14-4-6-15(7-5-14)31(26,27)24-20-22-9-10-30-20/h3-12H,1-2H3,(H,22,24)(H,23,25). The van der Waals surface area contributed by atoms with Gasteiger partial charge in [-0.25, -0.2) is 13.4 Å². The predicted molar refractivity (Wildman–Crippen MR) is 124 cm³/mol. The Bertz CT molecular complexity index is 1190. The van der Waals surface area contributed by atoms with Gasteiger partial charge in [0.2, 0.25) is 5.91 Å². The Morgan fingerprint density at radius 2 is 1.81 bits per heavy atom. The van der Waals surface area contributed by atoms with E-state index in [2.05, 4.69) is 31.0 Å². The number of nitrogens with zero attached hydrogens (tertiary/aromatic N) is 1. The van der Waals surface area contributed by atoms with Crippen molar-refractivity contribution in [3.63, 3.8) is 0 Å². The number of hydrogen-bond donors (Lipinski definition) is 2. The Balaban J connectivity index is 1.67. The number of thiazole rings is 1. The van der Waals surface area contributed by atoms with Gasteiger partial charge in [-0.2, -0.15) is 0 Å². The van der Waals surface area contributed by atoms with Crippen LogP contribution < -0.4 is 19.5 Å². The number of carbonyl (C=O) groups is 1. The smallest absolute Gasteiger partial charge is 0.263 e. The average Bonchev–Trinajstić information content (AvgIpc) is 3.25. The minimum absolute atomic E-state index is 0.0606. The summed E-state index contributed by atoms with van der Waals surface area (Å²) in [7, 11) is -0.677. The van der Waals surface area contributed by atoms with Gasteiger partial charge in [0, 0.05) is 27.8 Å². The lowest BCUT2D eigenvalue weighted by Gasteiger charge is -2.10. The van der Waals surface area contributed by atoms with Crippen molar-refractivity contribution in [1.29, 1.82) is 0 Å². The maximum absolute atomic E-state index is 12.4. The van der Waals surface area contributed by atoms with Gasteiger partial charge in [-0.3, -0.25) is 9.52 Å². The summed E-state index contributed by atoms with van der Waals surface area (Å²) in [4.78, 5) is 16.2. The molecule has 1 aromatic heterocycles. The molecule has 3 aromatic rings. The lowest BCUT2D eigenvalue weighted by molar-refractivity contribution is -0.111. The van der Waals surface area contributed by atoms with Crippen molar-refractivity contribution in [3.05, 3.63) is 64.1 Å². The van der Waals surface area contributed by atoms with E-state index in [1.165, 1.54) is 55.0 Å². The second kappa shape index (κ2) is 9.94. The Hall–Kier alpha value is -2.89. The molecular formula is C20H18BrN3O5S2. The monoisotopic (exact) mass is 523 g/mol. The summed E-state index contributed by atoms with van der Waals surface area (Å²) in [5.74, 6) is 0.725. The summed E-state index contributed by atoms with van der Waals surface area (Å²) in [5.41, 5.74) is 1.18. The first kappa shape index (κ1) is 22.8. The van der Waals surface area contributed by atoms with Crippen molar-refractivity contribution >= 4 is 60.1 Å². The Morgan fingerprint density at radius 1 is 1.13 bits per heavy atom. The highest BCUT2D eigenvalue weighted by Crippen LogP contribution is 2.33. The van der Waals surface area contributed by atoms with Crippen LogP contribution in [0.4, 0.5) is 10.8 Å². The van der Waals surface area contributed by atoms with Gasteiger partial charge in [-0.05, 0) is 48.0 Å². The first-order valence-electron chi connectivity index (χ1n) is 8.75.